The molecular formula is C15H18F3NO4. The largest absolute Gasteiger partial charge is 0.481 e. The second kappa shape index (κ2) is 6.89. The lowest BCUT2D eigenvalue weighted by Crippen LogP contribution is -2.27. The van der Waals surface area contributed by atoms with Gasteiger partial charge in [0.1, 0.15) is 5.60 Å². The van der Waals surface area contributed by atoms with Crippen LogP contribution < -0.4 is 5.32 Å². The maximum atomic E-state index is 13.0. The number of carboxylic acids is 1. The highest BCUT2D eigenvalue weighted by Gasteiger charge is 2.42. The van der Waals surface area contributed by atoms with E-state index in [0.717, 1.165) is 6.07 Å². The summed E-state index contributed by atoms with van der Waals surface area (Å²) in [7, 11) is 0. The molecule has 1 unspecified atom stereocenters. The highest BCUT2D eigenvalue weighted by molar-refractivity contribution is 5.85. The van der Waals surface area contributed by atoms with Gasteiger partial charge >= 0.3 is 18.2 Å². The van der Waals surface area contributed by atoms with E-state index in [1.54, 1.807) is 20.8 Å². The highest BCUT2D eigenvalue weighted by atomic mass is 19.4. The first-order chi connectivity index (χ1) is 10.4. The van der Waals surface area contributed by atoms with Crippen molar-refractivity contribution in [3.05, 3.63) is 29.8 Å². The van der Waals surface area contributed by atoms with E-state index in [1.807, 2.05) is 0 Å². The third kappa shape index (κ3) is 6.58. The Morgan fingerprint density at radius 1 is 1.26 bits per heavy atom. The minimum atomic E-state index is -4.71. The van der Waals surface area contributed by atoms with E-state index in [0.29, 0.717) is 0 Å². The number of anilines is 1. The molecule has 0 heterocycles. The van der Waals surface area contributed by atoms with E-state index in [9.17, 15) is 22.8 Å². The van der Waals surface area contributed by atoms with Crippen LogP contribution >= 0.6 is 0 Å². The highest BCUT2D eigenvalue weighted by Crippen LogP contribution is 2.38. The molecule has 1 aromatic rings. The Morgan fingerprint density at radius 2 is 1.87 bits per heavy atom. The Labute approximate surface area is 131 Å². The SMILES string of the molecule is CC(C)(C)OC(=O)Nc1cccc(C(CC(=O)O)C(F)(F)F)c1. The van der Waals surface area contributed by atoms with Crippen LogP contribution in [0.5, 0.6) is 0 Å². The first kappa shape index (κ1) is 18.8. The standard InChI is InChI=1S/C15H18F3NO4/c1-14(2,3)23-13(22)19-10-6-4-5-9(7-10)11(8-12(20)21)15(16,17)18/h4-7,11H,8H2,1-3H3,(H,19,22)(H,20,21). The number of alkyl halides is 3. The molecule has 1 rings (SSSR count). The normalized spacial score (nSPS) is 13.3. The van der Waals surface area contributed by atoms with E-state index in [1.165, 1.54) is 18.2 Å². The summed E-state index contributed by atoms with van der Waals surface area (Å²) in [6.07, 6.45) is -6.60. The lowest BCUT2D eigenvalue weighted by molar-refractivity contribution is -0.163. The molecule has 0 saturated carbocycles. The Balaban J connectivity index is 2.98. The molecule has 0 saturated heterocycles. The van der Waals surface area contributed by atoms with Gasteiger partial charge in [-0.3, -0.25) is 10.1 Å². The second-order valence-electron chi connectivity index (χ2n) is 5.94. The molecule has 5 nitrogen and oxygen atoms in total. The van der Waals surface area contributed by atoms with Crippen LogP contribution in [0.4, 0.5) is 23.7 Å². The summed E-state index contributed by atoms with van der Waals surface area (Å²) < 4.78 is 44.0. The molecule has 0 spiro atoms. The molecule has 0 aromatic heterocycles. The van der Waals surface area contributed by atoms with Crippen LogP contribution in [0.1, 0.15) is 38.7 Å². The van der Waals surface area contributed by atoms with Crippen molar-refractivity contribution < 1.29 is 32.6 Å². The third-order valence-electron chi connectivity index (χ3n) is 2.71. The summed E-state index contributed by atoms with van der Waals surface area (Å²) in [6, 6.07) is 4.95. The lowest BCUT2D eigenvalue weighted by atomic mass is 9.95. The lowest BCUT2D eigenvalue weighted by Gasteiger charge is -2.21. The van der Waals surface area contributed by atoms with Gasteiger partial charge in [0.05, 0.1) is 12.3 Å². The number of rotatable bonds is 4. The number of carbonyl (C=O) groups is 2. The zero-order valence-corrected chi connectivity index (χ0v) is 12.9. The van der Waals surface area contributed by atoms with Crippen molar-refractivity contribution in [2.24, 2.45) is 0 Å². The van der Waals surface area contributed by atoms with Gasteiger partial charge in [0.15, 0.2) is 0 Å². The smallest absolute Gasteiger partial charge is 0.412 e. The number of hydrogen-bond donors (Lipinski definition) is 2. The summed E-state index contributed by atoms with van der Waals surface area (Å²) in [5.74, 6) is -3.71. The number of amides is 1. The number of carboxylic acid groups (broad SMARTS) is 1. The molecular weight excluding hydrogens is 315 g/mol. The molecule has 8 heteroatoms. The molecule has 0 fully saturated rings. The minimum Gasteiger partial charge on any atom is -0.481 e. The first-order valence-electron chi connectivity index (χ1n) is 6.77. The Hall–Kier alpha value is -2.25. The van der Waals surface area contributed by atoms with E-state index in [-0.39, 0.29) is 11.3 Å². The van der Waals surface area contributed by atoms with E-state index in [2.05, 4.69) is 5.32 Å². The number of halogens is 3. The monoisotopic (exact) mass is 333 g/mol. The predicted octanol–water partition coefficient (Wildman–Crippen LogP) is 4.15. The molecule has 128 valence electrons. The number of hydrogen-bond acceptors (Lipinski definition) is 3. The summed E-state index contributed by atoms with van der Waals surface area (Å²) >= 11 is 0. The average molecular weight is 333 g/mol. The van der Waals surface area contributed by atoms with Crippen molar-refractivity contribution in [1.29, 1.82) is 0 Å². The number of aliphatic carboxylic acids is 1. The fourth-order valence-corrected chi connectivity index (χ4v) is 1.85. The van der Waals surface area contributed by atoms with Crippen LogP contribution in [0.3, 0.4) is 0 Å². The fourth-order valence-electron chi connectivity index (χ4n) is 1.85. The molecule has 0 bridgehead atoms. The molecule has 0 radical (unpaired) electrons. The molecule has 0 aliphatic rings. The van der Waals surface area contributed by atoms with Crippen molar-refractivity contribution in [3.8, 4) is 0 Å². The van der Waals surface area contributed by atoms with Crippen LogP contribution in [0, 0.1) is 0 Å². The summed E-state index contributed by atoms with van der Waals surface area (Å²) in [5, 5.41) is 11.0. The topological polar surface area (TPSA) is 75.6 Å². The molecule has 2 N–H and O–H groups in total. The molecule has 1 amide bonds. The van der Waals surface area contributed by atoms with Gasteiger partial charge in [-0.05, 0) is 38.5 Å². The van der Waals surface area contributed by atoms with Gasteiger partial charge in [0.25, 0.3) is 0 Å². The van der Waals surface area contributed by atoms with Gasteiger partial charge in [-0.15, -0.1) is 0 Å². The van der Waals surface area contributed by atoms with Gasteiger partial charge < -0.3 is 9.84 Å². The first-order valence-corrected chi connectivity index (χ1v) is 6.77. The molecule has 1 atom stereocenters. The van der Waals surface area contributed by atoms with Gasteiger partial charge in [-0.2, -0.15) is 13.2 Å². The van der Waals surface area contributed by atoms with Crippen molar-refractivity contribution in [1.82, 2.24) is 0 Å². The van der Waals surface area contributed by atoms with Gasteiger partial charge in [-0.1, -0.05) is 12.1 Å². The van der Waals surface area contributed by atoms with E-state index >= 15 is 0 Å². The Bertz CT molecular complexity index is 579. The van der Waals surface area contributed by atoms with Crippen LogP contribution in [-0.4, -0.2) is 28.9 Å². The molecule has 0 aliphatic carbocycles. The van der Waals surface area contributed by atoms with Crippen molar-refractivity contribution in [2.75, 3.05) is 5.32 Å². The predicted molar refractivity (Wildman–Crippen MR) is 77.3 cm³/mol. The van der Waals surface area contributed by atoms with Crippen molar-refractivity contribution in [3.63, 3.8) is 0 Å². The maximum Gasteiger partial charge on any atom is 0.412 e. The summed E-state index contributed by atoms with van der Waals surface area (Å²) in [5.41, 5.74) is -0.899. The molecule has 1 aromatic carbocycles. The third-order valence-corrected chi connectivity index (χ3v) is 2.71. The van der Waals surface area contributed by atoms with Crippen molar-refractivity contribution >= 4 is 17.7 Å². The van der Waals surface area contributed by atoms with Crippen LogP contribution in [0.25, 0.3) is 0 Å². The van der Waals surface area contributed by atoms with Gasteiger partial charge in [0.2, 0.25) is 0 Å². The van der Waals surface area contributed by atoms with Crippen LogP contribution in [-0.2, 0) is 9.53 Å². The van der Waals surface area contributed by atoms with Crippen molar-refractivity contribution in [2.45, 2.75) is 44.9 Å². The second-order valence-corrected chi connectivity index (χ2v) is 5.94. The minimum absolute atomic E-state index is 0.0939. The molecule has 0 aliphatic heterocycles. The molecule has 23 heavy (non-hydrogen) atoms. The number of benzene rings is 1. The number of carbonyl (C=O) groups excluding carboxylic acids is 1. The van der Waals surface area contributed by atoms with Gasteiger partial charge in [-0.25, -0.2) is 4.79 Å². The summed E-state index contributed by atoms with van der Waals surface area (Å²) in [4.78, 5) is 22.3. The Kier molecular flexibility index (Phi) is 5.63. The summed E-state index contributed by atoms with van der Waals surface area (Å²) in [6.45, 7) is 4.95. The maximum absolute atomic E-state index is 13.0. The van der Waals surface area contributed by atoms with E-state index in [4.69, 9.17) is 9.84 Å². The zero-order valence-electron chi connectivity index (χ0n) is 12.9. The van der Waals surface area contributed by atoms with E-state index < -0.39 is 36.2 Å². The Morgan fingerprint density at radius 3 is 2.35 bits per heavy atom. The number of ether oxygens (including phenoxy) is 1. The average Bonchev–Trinajstić information content (AvgIpc) is 2.32. The van der Waals surface area contributed by atoms with Crippen LogP contribution in [0.2, 0.25) is 0 Å². The number of nitrogens with one attached hydrogen (secondary N) is 1. The van der Waals surface area contributed by atoms with Gasteiger partial charge in [0, 0.05) is 5.69 Å². The van der Waals surface area contributed by atoms with Crippen LogP contribution in [0.15, 0.2) is 24.3 Å². The quantitative estimate of drug-likeness (QED) is 0.868. The fraction of sp³-hybridized carbons (Fsp3) is 0.467. The zero-order chi connectivity index (χ0) is 17.8.